The second kappa shape index (κ2) is 5.58. The summed E-state index contributed by atoms with van der Waals surface area (Å²) in [5.41, 5.74) is 6.96. The number of nitrogens with two attached hydrogens (primary N) is 1. The van der Waals surface area contributed by atoms with Gasteiger partial charge in [0, 0.05) is 30.9 Å². The molecule has 0 unspecified atom stereocenters. The number of primary amides is 1. The molecule has 1 fully saturated rings. The molecule has 1 amide bonds. The van der Waals surface area contributed by atoms with Crippen LogP contribution in [-0.2, 0) is 0 Å². The molecule has 0 bridgehead atoms. The van der Waals surface area contributed by atoms with Crippen LogP contribution in [0, 0.1) is 0 Å². The van der Waals surface area contributed by atoms with Gasteiger partial charge < -0.3 is 10.6 Å². The van der Waals surface area contributed by atoms with Crippen molar-refractivity contribution >= 4 is 22.4 Å². The van der Waals surface area contributed by atoms with Gasteiger partial charge in [-0.3, -0.25) is 9.78 Å². The lowest BCUT2D eigenvalue weighted by molar-refractivity contribution is 0.0996. The molecule has 3 heterocycles. The smallest absolute Gasteiger partial charge is 0.268 e. The maximum atomic E-state index is 11.1. The van der Waals surface area contributed by atoms with Gasteiger partial charge in [-0.15, -0.1) is 11.3 Å². The van der Waals surface area contributed by atoms with Crippen LogP contribution in [0.2, 0.25) is 0 Å². The molecule has 0 aromatic carbocycles. The average Bonchev–Trinajstić information content (AvgIpc) is 2.98. The van der Waals surface area contributed by atoms with Crippen LogP contribution in [0.25, 0.3) is 0 Å². The third-order valence-corrected chi connectivity index (χ3v) is 4.59. The molecule has 2 aromatic rings. The normalized spacial score (nSPS) is 16.3. The number of pyridine rings is 1. The lowest BCUT2D eigenvalue weighted by Gasteiger charge is -2.31. The minimum absolute atomic E-state index is 0.362. The van der Waals surface area contributed by atoms with Crippen LogP contribution in [0.5, 0.6) is 0 Å². The van der Waals surface area contributed by atoms with Gasteiger partial charge in [-0.2, -0.15) is 0 Å². The Morgan fingerprint density at radius 3 is 2.60 bits per heavy atom. The molecule has 5 nitrogen and oxygen atoms in total. The fraction of sp³-hybridized carbons (Fsp3) is 0.357. The molecule has 0 radical (unpaired) electrons. The Bertz CT molecular complexity index is 590. The van der Waals surface area contributed by atoms with E-state index in [0.717, 1.165) is 31.1 Å². The molecule has 104 valence electrons. The molecule has 1 aliphatic heterocycles. The first-order valence-corrected chi connectivity index (χ1v) is 7.52. The highest BCUT2D eigenvalue weighted by Crippen LogP contribution is 2.31. The van der Waals surface area contributed by atoms with Crippen molar-refractivity contribution in [1.29, 1.82) is 0 Å². The van der Waals surface area contributed by atoms with Gasteiger partial charge in [0.2, 0.25) is 0 Å². The third kappa shape index (κ3) is 2.65. The van der Waals surface area contributed by atoms with Crippen molar-refractivity contribution in [3.8, 4) is 0 Å². The van der Waals surface area contributed by atoms with Crippen LogP contribution >= 0.6 is 11.3 Å². The first-order chi connectivity index (χ1) is 9.74. The van der Waals surface area contributed by atoms with E-state index in [0.29, 0.717) is 11.6 Å². The molecule has 1 aliphatic rings. The number of amides is 1. The van der Waals surface area contributed by atoms with Crippen LogP contribution in [0.4, 0.5) is 5.13 Å². The monoisotopic (exact) mass is 288 g/mol. The first kappa shape index (κ1) is 13.1. The second-order valence-corrected chi connectivity index (χ2v) is 5.76. The Kier molecular flexibility index (Phi) is 3.64. The van der Waals surface area contributed by atoms with Crippen molar-refractivity contribution < 1.29 is 4.79 Å². The molecule has 3 rings (SSSR count). The molecule has 2 aromatic heterocycles. The Morgan fingerprint density at radius 1 is 1.30 bits per heavy atom. The standard InChI is InChI=1S/C14H16N4OS/c15-13(19)12-9-20-14(17-12)18-7-3-11(4-8-18)10-1-5-16-6-2-10/h1-2,5-6,9,11H,3-4,7-8H2,(H2,15,19). The second-order valence-electron chi connectivity index (χ2n) is 4.92. The summed E-state index contributed by atoms with van der Waals surface area (Å²) < 4.78 is 0. The van der Waals surface area contributed by atoms with Crippen molar-refractivity contribution in [2.45, 2.75) is 18.8 Å². The zero-order valence-corrected chi connectivity index (χ0v) is 11.8. The van der Waals surface area contributed by atoms with Crippen LogP contribution < -0.4 is 10.6 Å². The van der Waals surface area contributed by atoms with E-state index in [-0.39, 0.29) is 0 Å². The number of anilines is 1. The topological polar surface area (TPSA) is 72.1 Å². The number of carbonyl (C=O) groups is 1. The molecule has 0 atom stereocenters. The predicted molar refractivity (Wildman–Crippen MR) is 79.1 cm³/mol. The molecule has 6 heteroatoms. The van der Waals surface area contributed by atoms with Crippen molar-refractivity contribution in [3.05, 3.63) is 41.2 Å². The number of carbonyl (C=O) groups excluding carboxylic acids is 1. The number of hydrogen-bond donors (Lipinski definition) is 1. The van der Waals surface area contributed by atoms with E-state index in [1.807, 2.05) is 12.4 Å². The summed E-state index contributed by atoms with van der Waals surface area (Å²) in [5.74, 6) is 0.129. The lowest BCUT2D eigenvalue weighted by Crippen LogP contribution is -2.32. The van der Waals surface area contributed by atoms with Gasteiger partial charge in [-0.05, 0) is 36.5 Å². The summed E-state index contributed by atoms with van der Waals surface area (Å²) in [6, 6.07) is 4.18. The van der Waals surface area contributed by atoms with Crippen LogP contribution in [0.15, 0.2) is 29.9 Å². The lowest BCUT2D eigenvalue weighted by atomic mass is 9.90. The van der Waals surface area contributed by atoms with Crippen molar-refractivity contribution in [1.82, 2.24) is 9.97 Å². The van der Waals surface area contributed by atoms with E-state index in [4.69, 9.17) is 5.73 Å². The Morgan fingerprint density at radius 2 is 2.00 bits per heavy atom. The Hall–Kier alpha value is -1.95. The van der Waals surface area contributed by atoms with Gasteiger partial charge in [-0.25, -0.2) is 4.98 Å². The summed E-state index contributed by atoms with van der Waals surface area (Å²) in [6.07, 6.45) is 5.88. The van der Waals surface area contributed by atoms with E-state index in [9.17, 15) is 4.79 Å². The SMILES string of the molecule is NC(=O)c1csc(N2CCC(c3ccncc3)CC2)n1. The number of aromatic nitrogens is 2. The third-order valence-electron chi connectivity index (χ3n) is 3.69. The van der Waals surface area contributed by atoms with E-state index >= 15 is 0 Å². The number of rotatable bonds is 3. The van der Waals surface area contributed by atoms with Gasteiger partial charge in [0.1, 0.15) is 5.69 Å². The molecule has 2 N–H and O–H groups in total. The van der Waals surface area contributed by atoms with Crippen molar-refractivity contribution in [2.75, 3.05) is 18.0 Å². The maximum Gasteiger partial charge on any atom is 0.268 e. The van der Waals surface area contributed by atoms with E-state index in [2.05, 4.69) is 27.0 Å². The number of nitrogens with zero attached hydrogens (tertiary/aromatic N) is 3. The number of thiazole rings is 1. The summed E-state index contributed by atoms with van der Waals surface area (Å²) in [5, 5.41) is 2.62. The highest BCUT2D eigenvalue weighted by molar-refractivity contribution is 7.13. The molecule has 1 saturated heterocycles. The predicted octanol–water partition coefficient (Wildman–Crippen LogP) is 2.02. The van der Waals surface area contributed by atoms with E-state index < -0.39 is 5.91 Å². The minimum Gasteiger partial charge on any atom is -0.364 e. The van der Waals surface area contributed by atoms with E-state index in [1.54, 1.807) is 5.38 Å². The van der Waals surface area contributed by atoms with Gasteiger partial charge in [-0.1, -0.05) is 0 Å². The van der Waals surface area contributed by atoms with Crippen LogP contribution in [0.3, 0.4) is 0 Å². The van der Waals surface area contributed by atoms with Gasteiger partial charge in [0.05, 0.1) is 0 Å². The fourth-order valence-corrected chi connectivity index (χ4v) is 3.43. The van der Waals surface area contributed by atoms with Gasteiger partial charge >= 0.3 is 0 Å². The van der Waals surface area contributed by atoms with Gasteiger partial charge in [0.25, 0.3) is 5.91 Å². The van der Waals surface area contributed by atoms with Crippen molar-refractivity contribution in [3.63, 3.8) is 0 Å². The highest BCUT2D eigenvalue weighted by atomic mass is 32.1. The molecule has 20 heavy (non-hydrogen) atoms. The number of piperidine rings is 1. The Balaban J connectivity index is 1.65. The summed E-state index contributed by atoms with van der Waals surface area (Å²) in [4.78, 5) is 21.7. The summed E-state index contributed by atoms with van der Waals surface area (Å²) in [7, 11) is 0. The molecular weight excluding hydrogens is 272 g/mol. The summed E-state index contributed by atoms with van der Waals surface area (Å²) >= 11 is 1.49. The van der Waals surface area contributed by atoms with Crippen molar-refractivity contribution in [2.24, 2.45) is 5.73 Å². The summed E-state index contributed by atoms with van der Waals surface area (Å²) in [6.45, 7) is 1.91. The zero-order valence-electron chi connectivity index (χ0n) is 11.0. The fourth-order valence-electron chi connectivity index (χ4n) is 2.56. The van der Waals surface area contributed by atoms with E-state index in [1.165, 1.54) is 16.9 Å². The zero-order chi connectivity index (χ0) is 13.9. The first-order valence-electron chi connectivity index (χ1n) is 6.64. The quantitative estimate of drug-likeness (QED) is 0.938. The average molecular weight is 288 g/mol. The van der Waals surface area contributed by atoms with Crippen LogP contribution in [0.1, 0.15) is 34.8 Å². The highest BCUT2D eigenvalue weighted by Gasteiger charge is 2.22. The maximum absolute atomic E-state index is 11.1. The molecule has 0 saturated carbocycles. The van der Waals surface area contributed by atoms with Crippen LogP contribution in [-0.4, -0.2) is 29.0 Å². The largest absolute Gasteiger partial charge is 0.364 e. The molecule has 0 aliphatic carbocycles. The van der Waals surface area contributed by atoms with Gasteiger partial charge in [0.15, 0.2) is 5.13 Å². The minimum atomic E-state index is -0.459. The molecular formula is C14H16N4OS. The number of hydrogen-bond acceptors (Lipinski definition) is 5. The Labute approximate surface area is 121 Å². The molecule has 0 spiro atoms.